The molecule has 138 valence electrons. The average Bonchev–Trinajstić information content (AvgIpc) is 3.30. The number of ether oxygens (including phenoxy) is 2. The van der Waals surface area contributed by atoms with Gasteiger partial charge in [0, 0.05) is 32.8 Å². The van der Waals surface area contributed by atoms with E-state index in [1.165, 1.54) is 29.5 Å². The second-order valence-electron chi connectivity index (χ2n) is 6.75. The summed E-state index contributed by atoms with van der Waals surface area (Å²) in [6, 6.07) is 19.1. The van der Waals surface area contributed by atoms with Crippen LogP contribution < -0.4 is 4.74 Å². The second-order valence-corrected chi connectivity index (χ2v) is 6.75. The molecule has 1 fully saturated rings. The molecule has 0 N–H and O–H groups in total. The lowest BCUT2D eigenvalue weighted by Crippen LogP contribution is -2.27. The van der Waals surface area contributed by atoms with E-state index in [9.17, 15) is 0 Å². The van der Waals surface area contributed by atoms with Gasteiger partial charge in [0.1, 0.15) is 5.75 Å². The Morgan fingerprint density at radius 2 is 1.69 bits per heavy atom. The highest BCUT2D eigenvalue weighted by Crippen LogP contribution is 2.24. The van der Waals surface area contributed by atoms with Gasteiger partial charge in [-0.25, -0.2) is 0 Å². The lowest BCUT2D eigenvalue weighted by atomic mass is 9.99. The third kappa shape index (κ3) is 5.72. The molecule has 0 radical (unpaired) electrons. The topological polar surface area (TPSA) is 21.7 Å². The molecule has 0 amide bonds. The fourth-order valence-corrected chi connectivity index (χ4v) is 3.27. The van der Waals surface area contributed by atoms with Gasteiger partial charge in [0.05, 0.1) is 7.11 Å². The normalized spacial score (nSPS) is 17.2. The van der Waals surface area contributed by atoms with Gasteiger partial charge in [0.15, 0.2) is 0 Å². The van der Waals surface area contributed by atoms with Crippen molar-refractivity contribution in [1.82, 2.24) is 4.90 Å². The van der Waals surface area contributed by atoms with Crippen LogP contribution in [0.25, 0.3) is 5.57 Å². The SMILES string of the molecule is C1CCOC1.COc1ccc(C2=CCN(Cc3ccccc3)CC2)cc1. The molecule has 0 bridgehead atoms. The molecular weight excluding hydrogens is 322 g/mol. The maximum absolute atomic E-state index is 5.21. The molecule has 2 heterocycles. The minimum Gasteiger partial charge on any atom is -0.497 e. The van der Waals surface area contributed by atoms with E-state index in [1.807, 2.05) is 12.1 Å². The zero-order valence-electron chi connectivity index (χ0n) is 15.7. The minimum atomic E-state index is 0.917. The minimum absolute atomic E-state index is 0.917. The van der Waals surface area contributed by atoms with Crippen molar-refractivity contribution in [2.45, 2.75) is 25.8 Å². The van der Waals surface area contributed by atoms with Crippen LogP contribution in [0.4, 0.5) is 0 Å². The number of methoxy groups -OCH3 is 1. The quantitative estimate of drug-likeness (QED) is 0.791. The first-order chi connectivity index (χ1) is 12.8. The Morgan fingerprint density at radius 1 is 0.962 bits per heavy atom. The van der Waals surface area contributed by atoms with Crippen LogP contribution in [0.5, 0.6) is 5.75 Å². The van der Waals surface area contributed by atoms with E-state index in [1.54, 1.807) is 7.11 Å². The maximum atomic E-state index is 5.21. The van der Waals surface area contributed by atoms with Gasteiger partial charge in [-0.15, -0.1) is 0 Å². The summed E-state index contributed by atoms with van der Waals surface area (Å²) < 4.78 is 10.2. The molecule has 4 rings (SSSR count). The predicted molar refractivity (Wildman–Crippen MR) is 107 cm³/mol. The Balaban J connectivity index is 0.000000339. The van der Waals surface area contributed by atoms with Crippen molar-refractivity contribution in [3.05, 3.63) is 71.8 Å². The molecule has 2 aliphatic rings. The Labute approximate surface area is 157 Å². The van der Waals surface area contributed by atoms with E-state index in [0.29, 0.717) is 0 Å². The van der Waals surface area contributed by atoms with Crippen LogP contribution in [0.2, 0.25) is 0 Å². The third-order valence-corrected chi connectivity index (χ3v) is 4.83. The summed E-state index contributed by atoms with van der Waals surface area (Å²) in [6.07, 6.45) is 6.02. The number of benzene rings is 2. The highest BCUT2D eigenvalue weighted by atomic mass is 16.5. The smallest absolute Gasteiger partial charge is 0.118 e. The summed E-state index contributed by atoms with van der Waals surface area (Å²) >= 11 is 0. The molecular formula is C23H29NO2. The van der Waals surface area contributed by atoms with Crippen LogP contribution in [0.3, 0.4) is 0 Å². The standard InChI is InChI=1S/C19H21NO.C4H8O/c1-21-19-9-7-17(8-10-19)18-11-13-20(14-12-18)15-16-5-3-2-4-6-16;1-2-4-5-3-1/h2-11H,12-15H2,1H3;1-4H2. The van der Waals surface area contributed by atoms with Gasteiger partial charge in [-0.05, 0) is 48.1 Å². The number of nitrogens with zero attached hydrogens (tertiary/aromatic N) is 1. The van der Waals surface area contributed by atoms with Crippen molar-refractivity contribution in [1.29, 1.82) is 0 Å². The van der Waals surface area contributed by atoms with Crippen LogP contribution in [0.15, 0.2) is 60.7 Å². The molecule has 3 nitrogen and oxygen atoms in total. The van der Waals surface area contributed by atoms with E-state index >= 15 is 0 Å². The Hall–Kier alpha value is -2.10. The van der Waals surface area contributed by atoms with Crippen molar-refractivity contribution < 1.29 is 9.47 Å². The number of hydrogen-bond donors (Lipinski definition) is 0. The van der Waals surface area contributed by atoms with E-state index in [-0.39, 0.29) is 0 Å². The van der Waals surface area contributed by atoms with Gasteiger partial charge in [-0.1, -0.05) is 48.5 Å². The highest BCUT2D eigenvalue weighted by Gasteiger charge is 2.13. The van der Waals surface area contributed by atoms with E-state index in [4.69, 9.17) is 9.47 Å². The lowest BCUT2D eigenvalue weighted by Gasteiger charge is -2.26. The summed E-state index contributed by atoms with van der Waals surface area (Å²) in [4.78, 5) is 2.49. The van der Waals surface area contributed by atoms with Gasteiger partial charge >= 0.3 is 0 Å². The van der Waals surface area contributed by atoms with Crippen LogP contribution in [0.1, 0.15) is 30.4 Å². The summed E-state index contributed by atoms with van der Waals surface area (Å²) in [6.45, 7) is 5.18. The van der Waals surface area contributed by atoms with Crippen molar-refractivity contribution in [3.63, 3.8) is 0 Å². The highest BCUT2D eigenvalue weighted by molar-refractivity contribution is 5.67. The molecule has 2 aromatic carbocycles. The van der Waals surface area contributed by atoms with Crippen LogP contribution in [-0.4, -0.2) is 38.3 Å². The Morgan fingerprint density at radius 3 is 2.23 bits per heavy atom. The largest absolute Gasteiger partial charge is 0.497 e. The average molecular weight is 351 g/mol. The molecule has 0 unspecified atom stereocenters. The Kier molecular flexibility index (Phi) is 7.29. The summed E-state index contributed by atoms with van der Waals surface area (Å²) in [5.41, 5.74) is 4.15. The second kappa shape index (κ2) is 10.1. The molecule has 1 saturated heterocycles. The molecule has 0 aliphatic carbocycles. The number of rotatable bonds is 4. The zero-order valence-corrected chi connectivity index (χ0v) is 15.7. The molecule has 2 aromatic rings. The van der Waals surface area contributed by atoms with Gasteiger partial charge in [0.25, 0.3) is 0 Å². The van der Waals surface area contributed by atoms with E-state index in [2.05, 4.69) is 53.4 Å². The zero-order chi connectivity index (χ0) is 18.0. The van der Waals surface area contributed by atoms with Crippen molar-refractivity contribution in [3.8, 4) is 5.75 Å². The van der Waals surface area contributed by atoms with Crippen molar-refractivity contribution >= 4 is 5.57 Å². The third-order valence-electron chi connectivity index (χ3n) is 4.83. The monoisotopic (exact) mass is 351 g/mol. The van der Waals surface area contributed by atoms with Gasteiger partial charge in [-0.2, -0.15) is 0 Å². The molecule has 0 atom stereocenters. The fraction of sp³-hybridized carbons (Fsp3) is 0.391. The summed E-state index contributed by atoms with van der Waals surface area (Å²) in [5, 5.41) is 0. The van der Waals surface area contributed by atoms with Crippen LogP contribution in [0, 0.1) is 0 Å². The number of hydrogen-bond acceptors (Lipinski definition) is 3. The van der Waals surface area contributed by atoms with Gasteiger partial charge in [0.2, 0.25) is 0 Å². The summed E-state index contributed by atoms with van der Waals surface area (Å²) in [5.74, 6) is 0.917. The lowest BCUT2D eigenvalue weighted by molar-refractivity contribution is 0.198. The fourth-order valence-electron chi connectivity index (χ4n) is 3.27. The van der Waals surface area contributed by atoms with Crippen LogP contribution >= 0.6 is 0 Å². The van der Waals surface area contributed by atoms with Crippen molar-refractivity contribution in [2.75, 3.05) is 33.4 Å². The molecule has 26 heavy (non-hydrogen) atoms. The predicted octanol–water partition coefficient (Wildman–Crippen LogP) is 4.78. The van der Waals surface area contributed by atoms with E-state index in [0.717, 1.165) is 45.0 Å². The molecule has 0 saturated carbocycles. The van der Waals surface area contributed by atoms with E-state index < -0.39 is 0 Å². The van der Waals surface area contributed by atoms with Crippen molar-refractivity contribution in [2.24, 2.45) is 0 Å². The first kappa shape index (κ1) is 18.7. The summed E-state index contributed by atoms with van der Waals surface area (Å²) in [7, 11) is 1.70. The Bertz CT molecular complexity index is 668. The van der Waals surface area contributed by atoms with Crippen LogP contribution in [-0.2, 0) is 11.3 Å². The molecule has 0 aromatic heterocycles. The molecule has 0 spiro atoms. The first-order valence-electron chi connectivity index (χ1n) is 9.52. The molecule has 3 heteroatoms. The van der Waals surface area contributed by atoms with Gasteiger partial charge < -0.3 is 9.47 Å². The maximum Gasteiger partial charge on any atom is 0.118 e. The first-order valence-corrected chi connectivity index (χ1v) is 9.52. The molecule has 2 aliphatic heterocycles. The van der Waals surface area contributed by atoms with Gasteiger partial charge in [-0.3, -0.25) is 4.90 Å².